The van der Waals surface area contributed by atoms with Gasteiger partial charge < -0.3 is 5.11 Å². The molecular weight excluding hydrogens is 276 g/mol. The number of aryl methyl sites for hydroxylation is 2. The summed E-state index contributed by atoms with van der Waals surface area (Å²) in [6, 6.07) is 8.24. The van der Waals surface area contributed by atoms with Crippen LogP contribution in [0.15, 0.2) is 24.3 Å². The number of aliphatic hydroxyl groups is 1. The minimum Gasteiger partial charge on any atom is -0.387 e. The summed E-state index contributed by atoms with van der Waals surface area (Å²) in [7, 11) is 0. The Morgan fingerprint density at radius 2 is 2.18 bits per heavy atom. The van der Waals surface area contributed by atoms with Gasteiger partial charge in [0.25, 0.3) is 0 Å². The van der Waals surface area contributed by atoms with E-state index in [0.717, 1.165) is 56.1 Å². The summed E-state index contributed by atoms with van der Waals surface area (Å²) in [6.45, 7) is 7.71. The first-order chi connectivity index (χ1) is 10.6. The molecule has 1 aliphatic heterocycles. The van der Waals surface area contributed by atoms with Gasteiger partial charge in [-0.2, -0.15) is 5.10 Å². The van der Waals surface area contributed by atoms with Crippen LogP contribution in [0.25, 0.3) is 0 Å². The number of fused-ring (bicyclic) bond motifs is 1. The lowest BCUT2D eigenvalue weighted by Gasteiger charge is -2.19. The highest BCUT2D eigenvalue weighted by molar-refractivity contribution is 5.13. The fourth-order valence-corrected chi connectivity index (χ4v) is 2.96. The number of aromatic nitrogens is 3. The molecule has 0 spiro atoms. The summed E-state index contributed by atoms with van der Waals surface area (Å²) in [4.78, 5) is 7.03. The van der Waals surface area contributed by atoms with Crippen molar-refractivity contribution in [3.05, 3.63) is 47.0 Å². The first-order valence-corrected chi connectivity index (χ1v) is 8.01. The molecule has 0 fully saturated rings. The van der Waals surface area contributed by atoms with E-state index in [1.165, 1.54) is 5.69 Å². The highest BCUT2D eigenvalue weighted by Gasteiger charge is 2.18. The van der Waals surface area contributed by atoms with Crippen LogP contribution in [0.1, 0.15) is 42.2 Å². The van der Waals surface area contributed by atoms with Crippen molar-refractivity contribution in [2.45, 2.75) is 45.9 Å². The molecule has 0 bridgehead atoms. The van der Waals surface area contributed by atoms with E-state index in [0.29, 0.717) is 0 Å². The zero-order chi connectivity index (χ0) is 15.5. The van der Waals surface area contributed by atoms with Gasteiger partial charge >= 0.3 is 0 Å². The molecule has 118 valence electrons. The fourth-order valence-electron chi connectivity index (χ4n) is 2.96. The van der Waals surface area contributed by atoms with E-state index >= 15 is 0 Å². The molecule has 0 saturated carbocycles. The van der Waals surface area contributed by atoms with Crippen LogP contribution in [-0.4, -0.2) is 37.9 Å². The first kappa shape index (κ1) is 15.2. The number of aliphatic hydroxyl groups excluding tert-OH is 1. The van der Waals surface area contributed by atoms with E-state index in [2.05, 4.69) is 27.1 Å². The minimum atomic E-state index is -0.496. The Hall–Kier alpha value is -1.72. The van der Waals surface area contributed by atoms with Crippen LogP contribution in [0.2, 0.25) is 0 Å². The molecule has 2 aromatic rings. The Morgan fingerprint density at radius 1 is 1.32 bits per heavy atom. The number of rotatable bonds is 4. The van der Waals surface area contributed by atoms with Crippen molar-refractivity contribution in [2.24, 2.45) is 0 Å². The van der Waals surface area contributed by atoms with E-state index in [-0.39, 0.29) is 0 Å². The van der Waals surface area contributed by atoms with Gasteiger partial charge in [-0.05, 0) is 38.5 Å². The lowest BCUT2D eigenvalue weighted by atomic mass is 10.2. The van der Waals surface area contributed by atoms with Gasteiger partial charge in [-0.15, -0.1) is 0 Å². The number of hydrogen-bond donors (Lipinski definition) is 1. The van der Waals surface area contributed by atoms with Crippen molar-refractivity contribution in [1.29, 1.82) is 0 Å². The fraction of sp³-hybridized carbons (Fsp3) is 0.529. The average Bonchev–Trinajstić information content (AvgIpc) is 2.79. The minimum absolute atomic E-state index is 0.496. The molecule has 3 rings (SSSR count). The molecule has 0 amide bonds. The van der Waals surface area contributed by atoms with Crippen molar-refractivity contribution in [3.8, 4) is 0 Å². The molecule has 1 atom stereocenters. The molecule has 2 aromatic heterocycles. The van der Waals surface area contributed by atoms with Crippen LogP contribution in [-0.2, 0) is 19.5 Å². The molecule has 0 aliphatic carbocycles. The second kappa shape index (κ2) is 6.58. The van der Waals surface area contributed by atoms with Crippen molar-refractivity contribution in [1.82, 2.24) is 19.7 Å². The third-order valence-electron chi connectivity index (χ3n) is 4.17. The molecule has 0 radical (unpaired) electrons. The third-order valence-corrected chi connectivity index (χ3v) is 4.17. The molecule has 0 aromatic carbocycles. The molecule has 1 unspecified atom stereocenters. The second-order valence-electron chi connectivity index (χ2n) is 6.11. The van der Waals surface area contributed by atoms with Crippen LogP contribution in [0.4, 0.5) is 0 Å². The van der Waals surface area contributed by atoms with Gasteiger partial charge in [0.05, 0.1) is 17.5 Å². The lowest BCUT2D eigenvalue weighted by Crippen LogP contribution is -2.26. The largest absolute Gasteiger partial charge is 0.387 e. The second-order valence-corrected chi connectivity index (χ2v) is 6.11. The molecule has 0 saturated heterocycles. The van der Waals surface area contributed by atoms with Crippen LogP contribution < -0.4 is 0 Å². The van der Waals surface area contributed by atoms with Crippen LogP contribution in [0.5, 0.6) is 0 Å². The molecule has 1 N–H and O–H groups in total. The van der Waals surface area contributed by atoms with E-state index in [1.807, 2.05) is 23.7 Å². The predicted octanol–water partition coefficient (Wildman–Crippen LogP) is 2.09. The summed E-state index contributed by atoms with van der Waals surface area (Å²) < 4.78 is 2.05. The molecule has 5 heteroatoms. The van der Waals surface area contributed by atoms with E-state index in [4.69, 9.17) is 0 Å². The maximum Gasteiger partial charge on any atom is 0.0950 e. The third kappa shape index (κ3) is 3.54. The summed E-state index contributed by atoms with van der Waals surface area (Å²) in [6.07, 6.45) is 1.57. The van der Waals surface area contributed by atoms with Crippen LogP contribution in [0, 0.1) is 6.92 Å². The van der Waals surface area contributed by atoms with Crippen molar-refractivity contribution in [3.63, 3.8) is 0 Å². The Labute approximate surface area is 131 Å². The van der Waals surface area contributed by atoms with E-state index in [1.54, 1.807) is 6.92 Å². The zero-order valence-electron chi connectivity index (χ0n) is 13.4. The van der Waals surface area contributed by atoms with Crippen molar-refractivity contribution >= 4 is 0 Å². The van der Waals surface area contributed by atoms with E-state index < -0.39 is 6.10 Å². The number of pyridine rings is 1. The Morgan fingerprint density at radius 3 is 2.95 bits per heavy atom. The molecule has 5 nitrogen and oxygen atoms in total. The molecule has 22 heavy (non-hydrogen) atoms. The maximum atomic E-state index is 9.69. The number of hydrogen-bond acceptors (Lipinski definition) is 4. The summed E-state index contributed by atoms with van der Waals surface area (Å²) in [5.74, 6) is 0. The summed E-state index contributed by atoms with van der Waals surface area (Å²) in [5.41, 5.74) is 4.21. The van der Waals surface area contributed by atoms with Gasteiger partial charge in [0.2, 0.25) is 0 Å². The average molecular weight is 300 g/mol. The van der Waals surface area contributed by atoms with Gasteiger partial charge in [-0.3, -0.25) is 14.6 Å². The molecule has 1 aliphatic rings. The van der Waals surface area contributed by atoms with Crippen LogP contribution >= 0.6 is 0 Å². The molecular formula is C17H24N4O. The van der Waals surface area contributed by atoms with Gasteiger partial charge in [0.15, 0.2) is 0 Å². The zero-order valence-corrected chi connectivity index (χ0v) is 13.4. The maximum absolute atomic E-state index is 9.69. The predicted molar refractivity (Wildman–Crippen MR) is 85.4 cm³/mol. The quantitative estimate of drug-likeness (QED) is 0.939. The monoisotopic (exact) mass is 300 g/mol. The van der Waals surface area contributed by atoms with E-state index in [9.17, 15) is 5.11 Å². The highest BCUT2D eigenvalue weighted by Crippen LogP contribution is 2.18. The Kier molecular flexibility index (Phi) is 4.55. The van der Waals surface area contributed by atoms with Crippen molar-refractivity contribution < 1.29 is 5.11 Å². The Bertz CT molecular complexity index is 635. The van der Waals surface area contributed by atoms with Crippen molar-refractivity contribution in [2.75, 3.05) is 13.1 Å². The summed E-state index contributed by atoms with van der Waals surface area (Å²) >= 11 is 0. The standard InChI is InChI=1S/C17H24N4O/c1-13-5-3-6-15(18-13)7-10-20-8-4-9-21-16(12-20)11-17(19-21)14(2)22/h3,5-6,11,14,22H,4,7-10,12H2,1-2H3. The highest BCUT2D eigenvalue weighted by atomic mass is 16.3. The van der Waals surface area contributed by atoms with Gasteiger partial charge in [-0.1, -0.05) is 6.07 Å². The van der Waals surface area contributed by atoms with Gasteiger partial charge in [0, 0.05) is 44.0 Å². The smallest absolute Gasteiger partial charge is 0.0950 e. The van der Waals surface area contributed by atoms with Gasteiger partial charge in [-0.25, -0.2) is 0 Å². The summed E-state index contributed by atoms with van der Waals surface area (Å²) in [5, 5.41) is 14.2. The lowest BCUT2D eigenvalue weighted by molar-refractivity contribution is 0.193. The molecule has 3 heterocycles. The number of nitrogens with zero attached hydrogens (tertiary/aromatic N) is 4. The SMILES string of the molecule is Cc1cccc(CCN2CCCn3nc(C(C)O)cc3C2)n1. The van der Waals surface area contributed by atoms with Gasteiger partial charge in [0.1, 0.15) is 0 Å². The Balaban J connectivity index is 1.65. The topological polar surface area (TPSA) is 54.2 Å². The van der Waals surface area contributed by atoms with Crippen LogP contribution in [0.3, 0.4) is 0 Å². The first-order valence-electron chi connectivity index (χ1n) is 8.01. The normalized spacial score (nSPS) is 17.0.